The highest BCUT2D eigenvalue weighted by Gasteiger charge is 2.77. The molecule has 0 radical (unpaired) electrons. The van der Waals surface area contributed by atoms with Gasteiger partial charge in [-0.3, -0.25) is 13.8 Å². The van der Waals surface area contributed by atoms with E-state index in [-0.39, 0.29) is 41.7 Å². The smallest absolute Gasteiger partial charge is 0.312 e. The lowest BCUT2D eigenvalue weighted by molar-refractivity contribution is -0.144. The Labute approximate surface area is 142 Å². The molecule has 5 nitrogen and oxygen atoms in total. The highest BCUT2D eigenvalue weighted by molar-refractivity contribution is 7.85. The average Bonchev–Trinajstić information content (AvgIpc) is 3.11. The van der Waals surface area contributed by atoms with Crippen LogP contribution in [0.15, 0.2) is 29.2 Å². The molecule has 3 aliphatic heterocycles. The van der Waals surface area contributed by atoms with Gasteiger partial charge >= 0.3 is 5.97 Å². The monoisotopic (exact) mass is 346 g/mol. The summed E-state index contributed by atoms with van der Waals surface area (Å²) in [6, 6.07) is 7.64. The van der Waals surface area contributed by atoms with Crippen LogP contribution in [0.4, 0.5) is 0 Å². The fourth-order valence-corrected chi connectivity index (χ4v) is 6.65. The molecule has 7 atom stereocenters. The van der Waals surface area contributed by atoms with E-state index >= 15 is 0 Å². The van der Waals surface area contributed by atoms with Gasteiger partial charge in [0.05, 0.1) is 28.1 Å². The van der Waals surface area contributed by atoms with Crippen LogP contribution in [0.25, 0.3) is 0 Å². The molecule has 0 spiro atoms. The van der Waals surface area contributed by atoms with Gasteiger partial charge in [0.2, 0.25) is 0 Å². The SMILES string of the molecule is Cc1ccc(S(=O)C[C@]23O[C@H]4[C@@H]5OC(=O)[C@H]4[C@H]2CC(=O)C[C@H]53)cc1. The van der Waals surface area contributed by atoms with Gasteiger partial charge in [0.25, 0.3) is 0 Å². The van der Waals surface area contributed by atoms with Crippen LogP contribution in [0.2, 0.25) is 0 Å². The number of carbonyl (C=O) groups is 2. The minimum atomic E-state index is -1.23. The topological polar surface area (TPSA) is 69.7 Å². The number of carbonyl (C=O) groups excluding carboxylic acids is 2. The van der Waals surface area contributed by atoms with Crippen LogP contribution in [0.5, 0.6) is 0 Å². The van der Waals surface area contributed by atoms with Gasteiger partial charge < -0.3 is 9.47 Å². The summed E-state index contributed by atoms with van der Waals surface area (Å²) in [7, 11) is -1.23. The van der Waals surface area contributed by atoms with Crippen molar-refractivity contribution >= 4 is 22.6 Å². The Balaban J connectivity index is 1.51. The number of hydrogen-bond acceptors (Lipinski definition) is 5. The molecule has 3 saturated heterocycles. The van der Waals surface area contributed by atoms with E-state index in [1.165, 1.54) is 0 Å². The Bertz CT molecular complexity index is 772. The second-order valence-electron chi connectivity index (χ2n) is 7.43. The maximum atomic E-state index is 12.9. The van der Waals surface area contributed by atoms with Crippen molar-refractivity contribution in [1.29, 1.82) is 0 Å². The molecular weight excluding hydrogens is 328 g/mol. The van der Waals surface area contributed by atoms with E-state index in [0.29, 0.717) is 18.6 Å². The van der Waals surface area contributed by atoms with Crippen molar-refractivity contribution in [3.8, 4) is 0 Å². The number of ketones is 1. The number of hydrogen-bond donors (Lipinski definition) is 0. The molecule has 2 bridgehead atoms. The summed E-state index contributed by atoms with van der Waals surface area (Å²) in [5, 5.41) is 0. The zero-order valence-electron chi connectivity index (χ0n) is 13.3. The van der Waals surface area contributed by atoms with Crippen LogP contribution in [-0.2, 0) is 29.9 Å². The molecule has 24 heavy (non-hydrogen) atoms. The number of Topliss-reactive ketones (excluding diaryl/α,β-unsaturated/α-hetero) is 1. The summed E-state index contributed by atoms with van der Waals surface area (Å²) >= 11 is 0. The van der Waals surface area contributed by atoms with Crippen molar-refractivity contribution < 1.29 is 23.3 Å². The number of ether oxygens (including phenoxy) is 2. The molecule has 4 fully saturated rings. The zero-order valence-corrected chi connectivity index (χ0v) is 14.1. The number of rotatable bonds is 3. The van der Waals surface area contributed by atoms with E-state index in [0.717, 1.165) is 10.5 Å². The second kappa shape index (κ2) is 4.76. The third-order valence-electron chi connectivity index (χ3n) is 6.18. The van der Waals surface area contributed by atoms with E-state index in [9.17, 15) is 13.8 Å². The minimum Gasteiger partial charge on any atom is -0.459 e. The van der Waals surface area contributed by atoms with Gasteiger partial charge in [-0.05, 0) is 19.1 Å². The quantitative estimate of drug-likeness (QED) is 0.774. The fraction of sp³-hybridized carbons (Fsp3) is 0.556. The molecule has 0 N–H and O–H groups in total. The normalized spacial score (nSPS) is 43.1. The molecule has 1 saturated carbocycles. The summed E-state index contributed by atoms with van der Waals surface area (Å²) in [4.78, 5) is 25.1. The van der Waals surface area contributed by atoms with E-state index in [2.05, 4.69) is 0 Å². The maximum Gasteiger partial charge on any atom is 0.312 e. The molecule has 1 aliphatic carbocycles. The van der Waals surface area contributed by atoms with Crippen molar-refractivity contribution in [2.24, 2.45) is 17.8 Å². The molecule has 1 aromatic rings. The highest BCUT2D eigenvalue weighted by atomic mass is 32.2. The molecule has 4 aliphatic rings. The molecular formula is C18H18O5S. The van der Waals surface area contributed by atoms with Crippen LogP contribution >= 0.6 is 0 Å². The molecule has 3 heterocycles. The Morgan fingerprint density at radius 1 is 1.12 bits per heavy atom. The molecule has 6 heteroatoms. The second-order valence-corrected chi connectivity index (χ2v) is 8.88. The first-order chi connectivity index (χ1) is 11.5. The van der Waals surface area contributed by atoms with E-state index in [1.54, 1.807) is 0 Å². The summed E-state index contributed by atoms with van der Waals surface area (Å²) in [6.07, 6.45) is 0.113. The Hall–Kier alpha value is -1.53. The Kier molecular flexibility index (Phi) is 2.93. The van der Waals surface area contributed by atoms with Gasteiger partial charge in [-0.25, -0.2) is 0 Å². The molecule has 0 aromatic heterocycles. The van der Waals surface area contributed by atoms with Crippen LogP contribution in [0.1, 0.15) is 18.4 Å². The fourth-order valence-electron chi connectivity index (χ4n) is 5.14. The third kappa shape index (κ3) is 1.76. The molecule has 5 rings (SSSR count). The van der Waals surface area contributed by atoms with Crippen LogP contribution in [0, 0.1) is 24.7 Å². The summed E-state index contributed by atoms with van der Waals surface area (Å²) in [5.74, 6) is -0.432. The molecule has 1 unspecified atom stereocenters. The predicted molar refractivity (Wildman–Crippen MR) is 84.6 cm³/mol. The number of fused-ring (bicyclic) bond motifs is 2. The van der Waals surface area contributed by atoms with E-state index < -0.39 is 16.4 Å². The third-order valence-corrected chi connectivity index (χ3v) is 7.69. The van der Waals surface area contributed by atoms with Crippen LogP contribution < -0.4 is 0 Å². The first kappa shape index (κ1) is 14.8. The number of benzene rings is 1. The minimum absolute atomic E-state index is 0.147. The maximum absolute atomic E-state index is 12.9. The van der Waals surface area contributed by atoms with Gasteiger partial charge in [-0.1, -0.05) is 17.7 Å². The summed E-state index contributed by atoms with van der Waals surface area (Å²) < 4.78 is 24.7. The zero-order chi connectivity index (χ0) is 16.6. The van der Waals surface area contributed by atoms with Gasteiger partial charge in [0, 0.05) is 29.6 Å². The molecule has 1 aromatic carbocycles. The molecule has 126 valence electrons. The van der Waals surface area contributed by atoms with E-state index in [4.69, 9.17) is 9.47 Å². The highest BCUT2D eigenvalue weighted by Crippen LogP contribution is 2.63. The Morgan fingerprint density at radius 2 is 1.83 bits per heavy atom. The summed E-state index contributed by atoms with van der Waals surface area (Å²) in [5.41, 5.74) is 0.460. The summed E-state index contributed by atoms with van der Waals surface area (Å²) in [6.45, 7) is 1.99. The van der Waals surface area contributed by atoms with Crippen LogP contribution in [0.3, 0.4) is 0 Å². The van der Waals surface area contributed by atoms with Crippen LogP contribution in [-0.4, -0.2) is 39.5 Å². The van der Waals surface area contributed by atoms with Crippen molar-refractivity contribution in [2.75, 3.05) is 5.75 Å². The first-order valence-electron chi connectivity index (χ1n) is 8.35. The first-order valence-corrected chi connectivity index (χ1v) is 9.66. The van der Waals surface area contributed by atoms with E-state index in [1.807, 2.05) is 31.2 Å². The lowest BCUT2D eigenvalue weighted by atomic mass is 9.60. The lowest BCUT2D eigenvalue weighted by Crippen LogP contribution is -2.55. The standard InChI is InChI=1S/C18H18O5S/c1-9-2-4-11(5-3-9)24(21)8-18-12-6-10(19)7-13(18)15-16(23-18)14(12)17(20)22-15/h2-5,12-16H,6-8H2,1H3/t12-,13-,14+,15-,16-,18+,24?/m1/s1. The van der Waals surface area contributed by atoms with Crippen molar-refractivity contribution in [2.45, 2.75) is 42.5 Å². The van der Waals surface area contributed by atoms with Gasteiger partial charge in [0.1, 0.15) is 18.0 Å². The predicted octanol–water partition coefficient (Wildman–Crippen LogP) is 1.39. The van der Waals surface area contributed by atoms with Crippen molar-refractivity contribution in [3.63, 3.8) is 0 Å². The van der Waals surface area contributed by atoms with Gasteiger partial charge in [-0.15, -0.1) is 0 Å². The van der Waals surface area contributed by atoms with Crippen molar-refractivity contribution in [3.05, 3.63) is 29.8 Å². The van der Waals surface area contributed by atoms with Crippen molar-refractivity contribution in [1.82, 2.24) is 0 Å². The Morgan fingerprint density at radius 3 is 2.58 bits per heavy atom. The molecule has 0 amide bonds. The lowest BCUT2D eigenvalue weighted by Gasteiger charge is -2.42. The average molecular weight is 346 g/mol. The van der Waals surface area contributed by atoms with Gasteiger partial charge in [0.15, 0.2) is 0 Å². The number of esters is 1. The largest absolute Gasteiger partial charge is 0.459 e. The van der Waals surface area contributed by atoms with Gasteiger partial charge in [-0.2, -0.15) is 0 Å². The number of aryl methyl sites for hydroxylation is 1.